The third-order valence-electron chi connectivity index (χ3n) is 3.34. The number of carbonyl (C=O) groups is 2. The number of thiophene rings is 1. The van der Waals surface area contributed by atoms with Crippen molar-refractivity contribution in [2.45, 2.75) is 0 Å². The van der Waals surface area contributed by atoms with Crippen LogP contribution in [0.15, 0.2) is 36.4 Å². The molecule has 1 N–H and O–H groups in total. The Kier molecular flexibility index (Phi) is 5.15. The van der Waals surface area contributed by atoms with Gasteiger partial charge in [0.25, 0.3) is 5.91 Å². The van der Waals surface area contributed by atoms with E-state index in [0.29, 0.717) is 10.1 Å². The number of ether oxygens (including phenoxy) is 1. The largest absolute Gasteiger partial charge is 0.451 e. The second-order valence-corrected chi connectivity index (χ2v) is 6.54. The predicted octanol–water partition coefficient (Wildman–Crippen LogP) is 4.77. The van der Waals surface area contributed by atoms with Gasteiger partial charge in [-0.15, -0.1) is 11.3 Å². The van der Waals surface area contributed by atoms with Gasteiger partial charge >= 0.3 is 5.97 Å². The van der Waals surface area contributed by atoms with Crippen molar-refractivity contribution >= 4 is 50.6 Å². The fourth-order valence-electron chi connectivity index (χ4n) is 2.16. The van der Waals surface area contributed by atoms with E-state index < -0.39 is 41.6 Å². The minimum Gasteiger partial charge on any atom is -0.451 e. The highest BCUT2D eigenvalue weighted by Crippen LogP contribution is 2.36. The first-order valence-corrected chi connectivity index (χ1v) is 8.35. The summed E-state index contributed by atoms with van der Waals surface area (Å²) in [7, 11) is 0. The molecule has 0 aliphatic rings. The molecule has 9 heteroatoms. The minimum absolute atomic E-state index is 0.00265. The first-order valence-electron chi connectivity index (χ1n) is 7.15. The summed E-state index contributed by atoms with van der Waals surface area (Å²) in [6.45, 7) is -0.772. The lowest BCUT2D eigenvalue weighted by atomic mass is 10.2. The zero-order chi connectivity index (χ0) is 18.8. The predicted molar refractivity (Wildman–Crippen MR) is 92.1 cm³/mol. The molecule has 3 aromatic rings. The number of halogens is 4. The molecule has 1 aromatic heterocycles. The number of hydrogen-bond donors (Lipinski definition) is 1. The van der Waals surface area contributed by atoms with Crippen LogP contribution in [0.25, 0.3) is 10.1 Å². The lowest BCUT2D eigenvalue weighted by Crippen LogP contribution is -2.22. The summed E-state index contributed by atoms with van der Waals surface area (Å²) < 4.78 is 45.4. The van der Waals surface area contributed by atoms with Gasteiger partial charge in [-0.3, -0.25) is 4.79 Å². The second kappa shape index (κ2) is 7.35. The molecule has 2 aromatic carbocycles. The summed E-state index contributed by atoms with van der Waals surface area (Å²) in [4.78, 5) is 23.8. The quantitative estimate of drug-likeness (QED) is 0.643. The van der Waals surface area contributed by atoms with Gasteiger partial charge in [-0.05, 0) is 30.3 Å². The van der Waals surface area contributed by atoms with E-state index in [4.69, 9.17) is 16.3 Å². The molecule has 0 saturated carbocycles. The van der Waals surface area contributed by atoms with Gasteiger partial charge in [0, 0.05) is 10.1 Å². The fourth-order valence-corrected chi connectivity index (χ4v) is 3.59. The molecule has 0 radical (unpaired) electrons. The molecule has 1 heterocycles. The van der Waals surface area contributed by atoms with Crippen molar-refractivity contribution in [3.8, 4) is 0 Å². The minimum atomic E-state index is -0.959. The Morgan fingerprint density at radius 1 is 1.12 bits per heavy atom. The summed E-state index contributed by atoms with van der Waals surface area (Å²) in [5.41, 5.74) is -0.635. The number of hydrogen-bond acceptors (Lipinski definition) is 4. The Morgan fingerprint density at radius 2 is 1.81 bits per heavy atom. The van der Waals surface area contributed by atoms with E-state index >= 15 is 0 Å². The Labute approximate surface area is 154 Å². The van der Waals surface area contributed by atoms with Crippen LogP contribution in [0.1, 0.15) is 9.67 Å². The Morgan fingerprint density at radius 3 is 2.50 bits per heavy atom. The van der Waals surface area contributed by atoms with E-state index in [1.54, 1.807) is 0 Å². The number of para-hydroxylation sites is 1. The third-order valence-corrected chi connectivity index (χ3v) is 4.98. The molecule has 0 atom stereocenters. The molecular weight excluding hydrogens is 391 g/mol. The van der Waals surface area contributed by atoms with Gasteiger partial charge in [-0.25, -0.2) is 18.0 Å². The fraction of sp³-hybridized carbons (Fsp3) is 0.0588. The highest BCUT2D eigenvalue weighted by atomic mass is 35.5. The number of benzene rings is 2. The molecular formula is C17H9ClF3NO3S. The summed E-state index contributed by atoms with van der Waals surface area (Å²) in [5, 5.41) is 2.54. The van der Waals surface area contributed by atoms with Crippen molar-refractivity contribution < 1.29 is 27.5 Å². The van der Waals surface area contributed by atoms with Crippen molar-refractivity contribution in [3.05, 3.63) is 63.7 Å². The average molecular weight is 400 g/mol. The van der Waals surface area contributed by atoms with E-state index in [0.717, 1.165) is 29.5 Å². The smallest absolute Gasteiger partial charge is 0.350 e. The first-order chi connectivity index (χ1) is 12.4. The molecule has 0 saturated heterocycles. The number of carbonyl (C=O) groups excluding carboxylic acids is 2. The van der Waals surface area contributed by atoms with Gasteiger partial charge in [-0.2, -0.15) is 0 Å². The van der Waals surface area contributed by atoms with Crippen LogP contribution in [-0.2, 0) is 9.53 Å². The Balaban J connectivity index is 1.69. The third kappa shape index (κ3) is 3.66. The van der Waals surface area contributed by atoms with Crippen molar-refractivity contribution in [2.75, 3.05) is 11.9 Å². The van der Waals surface area contributed by atoms with E-state index in [1.165, 1.54) is 18.2 Å². The van der Waals surface area contributed by atoms with Crippen LogP contribution in [0.4, 0.5) is 18.9 Å². The van der Waals surface area contributed by atoms with Gasteiger partial charge in [0.05, 0.1) is 5.02 Å². The maximum Gasteiger partial charge on any atom is 0.350 e. The lowest BCUT2D eigenvalue weighted by Gasteiger charge is -2.07. The van der Waals surface area contributed by atoms with Gasteiger partial charge < -0.3 is 10.1 Å². The van der Waals surface area contributed by atoms with E-state index in [-0.39, 0.29) is 9.90 Å². The molecule has 0 bridgehead atoms. The molecule has 4 nitrogen and oxygen atoms in total. The molecule has 0 aliphatic heterocycles. The highest BCUT2D eigenvalue weighted by molar-refractivity contribution is 7.21. The number of esters is 1. The second-order valence-electron chi connectivity index (χ2n) is 5.11. The van der Waals surface area contributed by atoms with Crippen LogP contribution < -0.4 is 5.32 Å². The zero-order valence-corrected chi connectivity index (χ0v) is 14.4. The number of nitrogens with one attached hydrogen (secondary N) is 1. The van der Waals surface area contributed by atoms with Gasteiger partial charge in [0.1, 0.15) is 28.0 Å². The molecule has 0 spiro atoms. The molecule has 26 heavy (non-hydrogen) atoms. The number of fused-ring (bicyclic) bond motifs is 1. The monoisotopic (exact) mass is 399 g/mol. The topological polar surface area (TPSA) is 55.4 Å². The van der Waals surface area contributed by atoms with Gasteiger partial charge in [-0.1, -0.05) is 17.7 Å². The molecule has 134 valence electrons. The maximum absolute atomic E-state index is 13.5. The Bertz CT molecular complexity index is 1000. The van der Waals surface area contributed by atoms with Crippen molar-refractivity contribution in [2.24, 2.45) is 0 Å². The van der Waals surface area contributed by atoms with E-state index in [1.807, 2.05) is 5.32 Å². The molecule has 0 fully saturated rings. The lowest BCUT2D eigenvalue weighted by molar-refractivity contribution is -0.119. The van der Waals surface area contributed by atoms with Crippen LogP contribution in [0, 0.1) is 17.5 Å². The van der Waals surface area contributed by atoms with Crippen molar-refractivity contribution in [1.29, 1.82) is 0 Å². The Hall–Kier alpha value is -2.58. The van der Waals surface area contributed by atoms with Crippen LogP contribution in [-0.4, -0.2) is 18.5 Å². The zero-order valence-electron chi connectivity index (χ0n) is 12.8. The standard InChI is InChI=1S/C17H9ClF3NO3S/c18-14-9-5-4-8(19)6-12(9)26-16(14)17(24)25-7-13(23)22-15-10(20)2-1-3-11(15)21/h1-6H,7H2,(H,22,23). The highest BCUT2D eigenvalue weighted by Gasteiger charge is 2.20. The van der Waals surface area contributed by atoms with Crippen LogP contribution in [0.5, 0.6) is 0 Å². The normalized spacial score (nSPS) is 10.8. The molecule has 1 amide bonds. The van der Waals surface area contributed by atoms with Gasteiger partial charge in [0.15, 0.2) is 6.61 Å². The number of rotatable bonds is 4. The summed E-state index contributed by atoms with van der Waals surface area (Å²) in [6.07, 6.45) is 0. The van der Waals surface area contributed by atoms with Crippen molar-refractivity contribution in [1.82, 2.24) is 0 Å². The van der Waals surface area contributed by atoms with Gasteiger partial charge in [0.2, 0.25) is 0 Å². The molecule has 0 aliphatic carbocycles. The summed E-state index contributed by atoms with van der Waals surface area (Å²) in [5.74, 6) is -4.23. The van der Waals surface area contributed by atoms with Crippen molar-refractivity contribution in [3.63, 3.8) is 0 Å². The summed E-state index contributed by atoms with van der Waals surface area (Å²) in [6, 6.07) is 6.94. The average Bonchev–Trinajstić information content (AvgIpc) is 2.92. The number of anilines is 1. The number of amides is 1. The maximum atomic E-state index is 13.5. The van der Waals surface area contributed by atoms with Crippen LogP contribution in [0.2, 0.25) is 5.02 Å². The summed E-state index contributed by atoms with van der Waals surface area (Å²) >= 11 is 6.99. The van der Waals surface area contributed by atoms with E-state index in [2.05, 4.69) is 0 Å². The van der Waals surface area contributed by atoms with Crippen LogP contribution >= 0.6 is 22.9 Å². The molecule has 0 unspecified atom stereocenters. The first kappa shape index (κ1) is 18.2. The van der Waals surface area contributed by atoms with E-state index in [9.17, 15) is 22.8 Å². The molecule has 3 rings (SSSR count). The van der Waals surface area contributed by atoms with Crippen LogP contribution in [0.3, 0.4) is 0 Å². The SMILES string of the molecule is O=C(COC(=O)c1sc2cc(F)ccc2c1Cl)Nc1c(F)cccc1F.